The molecule has 0 spiro atoms. The predicted molar refractivity (Wildman–Crippen MR) is 82.4 cm³/mol. The predicted octanol–water partition coefficient (Wildman–Crippen LogP) is 2.78. The van der Waals surface area contributed by atoms with Crippen molar-refractivity contribution in [2.45, 2.75) is 25.1 Å². The molecule has 2 atom stereocenters. The highest BCUT2D eigenvalue weighted by atomic mass is 35.5. The Morgan fingerprint density at radius 1 is 1.41 bits per heavy atom. The normalized spacial score (nSPS) is 21.3. The molecule has 1 aliphatic rings. The number of carboxylic acids is 1. The molecule has 2 heterocycles. The lowest BCUT2D eigenvalue weighted by Crippen LogP contribution is -2.35. The number of carboxylic acid groups (broad SMARTS) is 1. The Hall–Kier alpha value is -1.73. The molecule has 0 aliphatic carbocycles. The molecule has 1 aromatic carbocycles. The Morgan fingerprint density at radius 3 is 2.82 bits per heavy atom. The molecule has 1 fully saturated rings. The average molecular weight is 342 g/mol. The highest BCUT2D eigenvalue weighted by molar-refractivity contribution is 7.15. The van der Waals surface area contributed by atoms with Crippen molar-refractivity contribution in [2.24, 2.45) is 0 Å². The summed E-state index contributed by atoms with van der Waals surface area (Å²) in [7, 11) is 0. The topological polar surface area (TPSA) is 66.3 Å². The van der Waals surface area contributed by atoms with Crippen LogP contribution in [0.1, 0.15) is 17.0 Å². The Kier molecular flexibility index (Phi) is 4.26. The minimum atomic E-state index is -1.15. The lowest BCUT2D eigenvalue weighted by Gasteiger charge is -2.18. The van der Waals surface area contributed by atoms with E-state index in [9.17, 15) is 9.18 Å². The van der Waals surface area contributed by atoms with Crippen molar-refractivity contribution >= 4 is 34.0 Å². The van der Waals surface area contributed by atoms with E-state index in [1.54, 1.807) is 12.1 Å². The lowest BCUT2D eigenvalue weighted by atomic mass is 10.2. The van der Waals surface area contributed by atoms with Gasteiger partial charge in [0.2, 0.25) is 5.13 Å². The molecule has 116 valence electrons. The summed E-state index contributed by atoms with van der Waals surface area (Å²) < 4.78 is 13.5. The van der Waals surface area contributed by atoms with Crippen molar-refractivity contribution < 1.29 is 14.3 Å². The van der Waals surface area contributed by atoms with E-state index in [0.29, 0.717) is 16.6 Å². The van der Waals surface area contributed by atoms with E-state index in [1.807, 2.05) is 12.1 Å². The van der Waals surface area contributed by atoms with Gasteiger partial charge in [0.15, 0.2) is 0 Å². The number of anilines is 1. The Balaban J connectivity index is 1.75. The third-order valence-corrected chi connectivity index (χ3v) is 4.72. The largest absolute Gasteiger partial charge is 0.480 e. The van der Waals surface area contributed by atoms with Gasteiger partial charge in [0.25, 0.3) is 0 Å². The van der Waals surface area contributed by atoms with Crippen molar-refractivity contribution in [1.82, 2.24) is 10.2 Å². The van der Waals surface area contributed by atoms with Crippen LogP contribution in [0, 0.1) is 0 Å². The summed E-state index contributed by atoms with van der Waals surface area (Å²) in [5.41, 5.74) is 1.03. The van der Waals surface area contributed by atoms with Crippen LogP contribution < -0.4 is 4.90 Å². The number of aromatic nitrogens is 2. The molecule has 1 saturated heterocycles. The zero-order valence-corrected chi connectivity index (χ0v) is 13.0. The van der Waals surface area contributed by atoms with Gasteiger partial charge >= 0.3 is 5.97 Å². The van der Waals surface area contributed by atoms with E-state index in [2.05, 4.69) is 10.2 Å². The van der Waals surface area contributed by atoms with Gasteiger partial charge in [0, 0.05) is 17.9 Å². The average Bonchev–Trinajstić information content (AvgIpc) is 3.08. The Morgan fingerprint density at radius 2 is 2.14 bits per heavy atom. The quantitative estimate of drug-likeness (QED) is 0.926. The van der Waals surface area contributed by atoms with Crippen LogP contribution in [0.3, 0.4) is 0 Å². The first kappa shape index (κ1) is 15.2. The second kappa shape index (κ2) is 6.18. The number of nitrogens with zero attached hydrogens (tertiary/aromatic N) is 3. The lowest BCUT2D eigenvalue weighted by molar-refractivity contribution is -0.138. The number of benzene rings is 1. The van der Waals surface area contributed by atoms with Gasteiger partial charge in [-0.15, -0.1) is 10.2 Å². The minimum absolute atomic E-state index is 0.0125. The molecule has 8 heteroatoms. The van der Waals surface area contributed by atoms with Crippen LogP contribution in [0.15, 0.2) is 24.3 Å². The molecule has 1 aliphatic heterocycles. The van der Waals surface area contributed by atoms with Crippen LogP contribution in [0.5, 0.6) is 0 Å². The highest BCUT2D eigenvalue weighted by Crippen LogP contribution is 2.30. The molecule has 3 rings (SSSR count). The standard InChI is InChI=1S/C14H13ClFN3O2S/c15-9-3-1-8(2-4-9)5-12-17-18-14(22-12)19-7-10(16)6-11(19)13(20)21/h1-4,10-11H,5-7H2,(H,20,21)/t10-,11-/m0/s1. The second-order valence-corrected chi connectivity index (χ2v) is 6.60. The third-order valence-electron chi connectivity index (χ3n) is 3.51. The van der Waals surface area contributed by atoms with Crippen LogP contribution >= 0.6 is 22.9 Å². The SMILES string of the molecule is O=C(O)[C@@H]1C[C@H](F)CN1c1nnc(Cc2ccc(Cl)cc2)s1. The highest BCUT2D eigenvalue weighted by Gasteiger charge is 2.38. The van der Waals surface area contributed by atoms with Crippen LogP contribution in [-0.4, -0.2) is 40.0 Å². The molecule has 5 nitrogen and oxygen atoms in total. The van der Waals surface area contributed by atoms with Gasteiger partial charge in [-0.1, -0.05) is 35.1 Å². The zero-order chi connectivity index (χ0) is 15.7. The fourth-order valence-corrected chi connectivity index (χ4v) is 3.50. The number of carbonyl (C=O) groups is 1. The summed E-state index contributed by atoms with van der Waals surface area (Å²) in [4.78, 5) is 12.7. The fraction of sp³-hybridized carbons (Fsp3) is 0.357. The van der Waals surface area contributed by atoms with E-state index in [1.165, 1.54) is 16.2 Å². The monoisotopic (exact) mass is 341 g/mol. The molecule has 1 aromatic heterocycles. The van der Waals surface area contributed by atoms with Gasteiger partial charge in [0.1, 0.15) is 17.2 Å². The van der Waals surface area contributed by atoms with E-state index >= 15 is 0 Å². The minimum Gasteiger partial charge on any atom is -0.480 e. The molecule has 0 saturated carbocycles. The molecule has 22 heavy (non-hydrogen) atoms. The molecule has 2 aromatic rings. The maximum atomic E-state index is 13.5. The summed E-state index contributed by atoms with van der Waals surface area (Å²) in [5, 5.41) is 19.1. The maximum Gasteiger partial charge on any atom is 0.326 e. The van der Waals surface area contributed by atoms with E-state index in [-0.39, 0.29) is 13.0 Å². The van der Waals surface area contributed by atoms with Gasteiger partial charge in [-0.3, -0.25) is 0 Å². The fourth-order valence-electron chi connectivity index (χ4n) is 2.44. The first-order valence-corrected chi connectivity index (χ1v) is 7.92. The Labute approximate surface area is 135 Å². The smallest absolute Gasteiger partial charge is 0.326 e. The van der Waals surface area contributed by atoms with Gasteiger partial charge in [-0.2, -0.15) is 0 Å². The number of hydrogen-bond acceptors (Lipinski definition) is 5. The van der Waals surface area contributed by atoms with Crippen molar-refractivity contribution in [3.8, 4) is 0 Å². The number of aliphatic carboxylic acids is 1. The molecular weight excluding hydrogens is 329 g/mol. The second-order valence-electron chi connectivity index (χ2n) is 5.12. The van der Waals surface area contributed by atoms with Crippen molar-refractivity contribution in [2.75, 3.05) is 11.4 Å². The summed E-state index contributed by atoms with van der Waals surface area (Å²) in [5.74, 6) is -1.03. The van der Waals surface area contributed by atoms with Gasteiger partial charge in [-0.25, -0.2) is 9.18 Å². The molecule has 0 amide bonds. The van der Waals surface area contributed by atoms with E-state index in [0.717, 1.165) is 10.6 Å². The molecular formula is C14H13ClFN3O2S. The summed E-state index contributed by atoms with van der Waals surface area (Å²) in [6, 6.07) is 6.53. The number of rotatable bonds is 4. The third kappa shape index (κ3) is 3.20. The van der Waals surface area contributed by atoms with Crippen LogP contribution in [-0.2, 0) is 11.2 Å². The number of alkyl halides is 1. The van der Waals surface area contributed by atoms with E-state index < -0.39 is 18.2 Å². The number of hydrogen-bond donors (Lipinski definition) is 1. The van der Waals surface area contributed by atoms with Gasteiger partial charge in [0.05, 0.1) is 6.54 Å². The first-order valence-electron chi connectivity index (χ1n) is 6.73. The van der Waals surface area contributed by atoms with Gasteiger partial charge in [-0.05, 0) is 17.7 Å². The van der Waals surface area contributed by atoms with Crippen molar-refractivity contribution in [3.63, 3.8) is 0 Å². The first-order chi connectivity index (χ1) is 10.5. The summed E-state index contributed by atoms with van der Waals surface area (Å²) >= 11 is 7.13. The Bertz CT molecular complexity index is 679. The molecule has 0 radical (unpaired) electrons. The van der Waals surface area contributed by atoms with Crippen LogP contribution in [0.4, 0.5) is 9.52 Å². The van der Waals surface area contributed by atoms with Crippen LogP contribution in [0.2, 0.25) is 5.02 Å². The van der Waals surface area contributed by atoms with Crippen molar-refractivity contribution in [3.05, 3.63) is 39.9 Å². The zero-order valence-electron chi connectivity index (χ0n) is 11.4. The van der Waals surface area contributed by atoms with E-state index in [4.69, 9.17) is 16.7 Å². The maximum absolute atomic E-state index is 13.5. The summed E-state index contributed by atoms with van der Waals surface area (Å²) in [6.45, 7) is 0.0482. The molecule has 1 N–H and O–H groups in total. The van der Waals surface area contributed by atoms with Crippen LogP contribution in [0.25, 0.3) is 0 Å². The number of halogens is 2. The van der Waals surface area contributed by atoms with Crippen molar-refractivity contribution in [1.29, 1.82) is 0 Å². The van der Waals surface area contributed by atoms with Gasteiger partial charge < -0.3 is 10.0 Å². The molecule has 0 unspecified atom stereocenters. The summed E-state index contributed by atoms with van der Waals surface area (Å²) in [6.07, 6.45) is -0.578. The molecule has 0 bridgehead atoms.